The Kier molecular flexibility index (Phi) is 6.31. The first-order valence-corrected chi connectivity index (χ1v) is 12.6. The number of ether oxygens (including phenoxy) is 1. The van der Waals surface area contributed by atoms with Crippen molar-refractivity contribution in [3.05, 3.63) is 23.8 Å². The van der Waals surface area contributed by atoms with Crippen LogP contribution in [0.4, 0.5) is 5.69 Å². The van der Waals surface area contributed by atoms with Crippen LogP contribution in [-0.4, -0.2) is 56.8 Å². The number of esters is 1. The van der Waals surface area contributed by atoms with E-state index in [0.717, 1.165) is 44.9 Å². The summed E-state index contributed by atoms with van der Waals surface area (Å²) in [7, 11) is -3.89. The second kappa shape index (κ2) is 8.98. The van der Waals surface area contributed by atoms with Gasteiger partial charge in [-0.25, -0.2) is 4.79 Å². The number of amidine groups is 1. The number of likely N-dealkylation sites (tertiary alicyclic amines) is 1. The molecule has 3 aliphatic heterocycles. The number of hydrogen-bond donors (Lipinski definition) is 0. The lowest BCUT2D eigenvalue weighted by molar-refractivity contribution is -0.139. The van der Waals surface area contributed by atoms with Gasteiger partial charge in [-0.2, -0.15) is 8.42 Å². The number of amides is 1. The lowest BCUT2D eigenvalue weighted by atomic mass is 10.1. The van der Waals surface area contributed by atoms with Crippen LogP contribution in [0.2, 0.25) is 0 Å². The van der Waals surface area contributed by atoms with E-state index < -0.39 is 22.1 Å². The highest BCUT2D eigenvalue weighted by atomic mass is 32.2. The molecule has 2 saturated heterocycles. The smallest absolute Gasteiger partial charge is 0.338 e. The minimum atomic E-state index is -3.89. The zero-order valence-corrected chi connectivity index (χ0v) is 18.7. The summed E-state index contributed by atoms with van der Waals surface area (Å²) in [5.41, 5.74) is 0.656. The highest BCUT2D eigenvalue weighted by Crippen LogP contribution is 2.35. The quantitative estimate of drug-likeness (QED) is 0.661. The van der Waals surface area contributed by atoms with E-state index in [1.165, 1.54) is 6.07 Å². The van der Waals surface area contributed by atoms with Gasteiger partial charge in [0, 0.05) is 26.1 Å². The number of fused-ring (bicyclic) bond motifs is 3. The fourth-order valence-corrected chi connectivity index (χ4v) is 5.72. The third-order valence-corrected chi connectivity index (χ3v) is 7.47. The van der Waals surface area contributed by atoms with Gasteiger partial charge in [-0.3, -0.25) is 4.79 Å². The van der Waals surface area contributed by atoms with Gasteiger partial charge in [0.2, 0.25) is 0 Å². The molecule has 0 N–H and O–H groups in total. The van der Waals surface area contributed by atoms with Gasteiger partial charge >= 0.3 is 5.97 Å². The summed E-state index contributed by atoms with van der Waals surface area (Å²) < 4.78 is 34.9. The molecule has 0 aromatic heterocycles. The molecule has 1 amide bonds. The van der Waals surface area contributed by atoms with E-state index >= 15 is 0 Å². The maximum Gasteiger partial charge on any atom is 0.338 e. The van der Waals surface area contributed by atoms with Gasteiger partial charge in [-0.05, 0) is 50.8 Å². The summed E-state index contributed by atoms with van der Waals surface area (Å²) in [4.78, 5) is 29.1. The number of sulfonamides is 1. The van der Waals surface area contributed by atoms with Gasteiger partial charge in [0.25, 0.3) is 15.9 Å². The molecule has 0 bridgehead atoms. The van der Waals surface area contributed by atoms with Crippen molar-refractivity contribution in [1.82, 2.24) is 4.90 Å². The van der Waals surface area contributed by atoms with Crippen molar-refractivity contribution in [2.75, 3.05) is 24.5 Å². The maximum absolute atomic E-state index is 12.8. The average molecular weight is 448 g/mol. The van der Waals surface area contributed by atoms with Gasteiger partial charge in [0.15, 0.2) is 6.10 Å². The van der Waals surface area contributed by atoms with Gasteiger partial charge in [-0.1, -0.05) is 19.3 Å². The number of benzene rings is 1. The molecule has 0 saturated carbocycles. The normalized spacial score (nSPS) is 21.6. The van der Waals surface area contributed by atoms with E-state index in [-0.39, 0.29) is 16.4 Å². The molecule has 9 heteroatoms. The van der Waals surface area contributed by atoms with Crippen LogP contribution in [0.5, 0.6) is 0 Å². The first-order valence-electron chi connectivity index (χ1n) is 11.1. The Morgan fingerprint density at radius 1 is 1.00 bits per heavy atom. The van der Waals surface area contributed by atoms with Gasteiger partial charge < -0.3 is 14.5 Å². The summed E-state index contributed by atoms with van der Waals surface area (Å²) in [6, 6.07) is 4.53. The van der Waals surface area contributed by atoms with Crippen LogP contribution in [0, 0.1) is 0 Å². The van der Waals surface area contributed by atoms with Crippen molar-refractivity contribution in [3.63, 3.8) is 0 Å². The molecule has 0 radical (unpaired) electrons. The number of carbonyl (C=O) groups is 2. The molecule has 8 nitrogen and oxygen atoms in total. The summed E-state index contributed by atoms with van der Waals surface area (Å²) in [5, 5.41) is 0. The Morgan fingerprint density at radius 3 is 2.42 bits per heavy atom. The second-order valence-electron chi connectivity index (χ2n) is 8.41. The van der Waals surface area contributed by atoms with Crippen LogP contribution in [0.3, 0.4) is 0 Å². The van der Waals surface area contributed by atoms with Gasteiger partial charge in [0.05, 0.1) is 11.3 Å². The molecule has 1 aromatic carbocycles. The van der Waals surface area contributed by atoms with E-state index in [4.69, 9.17) is 4.74 Å². The molecule has 3 aliphatic rings. The molecule has 168 valence electrons. The number of nitrogens with zero attached hydrogens (tertiary/aromatic N) is 3. The van der Waals surface area contributed by atoms with Gasteiger partial charge in [0.1, 0.15) is 10.7 Å². The zero-order valence-electron chi connectivity index (χ0n) is 17.9. The molecule has 3 heterocycles. The average Bonchev–Trinajstić information content (AvgIpc) is 3.15. The molecular weight excluding hydrogens is 418 g/mol. The first-order chi connectivity index (χ1) is 14.9. The van der Waals surface area contributed by atoms with E-state index in [9.17, 15) is 18.0 Å². The van der Waals surface area contributed by atoms with Crippen LogP contribution in [0.15, 0.2) is 27.5 Å². The minimum absolute atomic E-state index is 0.0131. The Hall–Kier alpha value is -2.42. The lowest BCUT2D eigenvalue weighted by Gasteiger charge is -2.29. The number of carbonyl (C=O) groups excluding carboxylic acids is 2. The fourth-order valence-electron chi connectivity index (χ4n) is 4.43. The Morgan fingerprint density at radius 2 is 1.68 bits per heavy atom. The van der Waals surface area contributed by atoms with E-state index in [2.05, 4.69) is 4.40 Å². The topological polar surface area (TPSA) is 96.4 Å². The van der Waals surface area contributed by atoms with Crippen molar-refractivity contribution in [2.24, 2.45) is 4.40 Å². The first kappa shape index (κ1) is 21.8. The zero-order chi connectivity index (χ0) is 22.0. The summed E-state index contributed by atoms with van der Waals surface area (Å²) in [6.07, 6.45) is 6.70. The summed E-state index contributed by atoms with van der Waals surface area (Å²) in [6.45, 7) is 3.61. The number of anilines is 1. The third-order valence-electron chi connectivity index (χ3n) is 6.13. The monoisotopic (exact) mass is 447 g/mol. The van der Waals surface area contributed by atoms with Crippen LogP contribution in [-0.2, 0) is 19.6 Å². The predicted octanol–water partition coefficient (Wildman–Crippen LogP) is 3.12. The van der Waals surface area contributed by atoms with Gasteiger partial charge in [-0.15, -0.1) is 4.40 Å². The van der Waals surface area contributed by atoms with Crippen LogP contribution in [0.25, 0.3) is 0 Å². The number of hydrogen-bond acceptors (Lipinski definition) is 6. The van der Waals surface area contributed by atoms with Crippen LogP contribution >= 0.6 is 0 Å². The van der Waals surface area contributed by atoms with Crippen molar-refractivity contribution in [1.29, 1.82) is 0 Å². The standard InChI is InChI=1S/C22H29N3O5S/c1-16(21(26)24-12-6-2-3-7-13-24)30-22(27)17-10-11-18-19(15-17)31(28,29)23-20-9-5-4-8-14-25(18)20/h10-11,15-16H,2-9,12-14H2,1H3/t16-/m1/s1. The molecule has 2 fully saturated rings. The molecular formula is C22H29N3O5S. The molecule has 31 heavy (non-hydrogen) atoms. The van der Waals surface area contributed by atoms with E-state index in [1.54, 1.807) is 24.0 Å². The molecule has 1 aromatic rings. The van der Waals surface area contributed by atoms with Crippen molar-refractivity contribution in [3.8, 4) is 0 Å². The number of rotatable bonds is 3. The Bertz CT molecular complexity index is 996. The van der Waals surface area contributed by atoms with Crippen molar-refractivity contribution < 1.29 is 22.7 Å². The van der Waals surface area contributed by atoms with Crippen LogP contribution < -0.4 is 4.90 Å². The lowest BCUT2D eigenvalue weighted by Crippen LogP contribution is -2.40. The summed E-state index contributed by atoms with van der Waals surface area (Å²) in [5.74, 6) is -0.351. The van der Waals surface area contributed by atoms with Crippen molar-refractivity contribution in [2.45, 2.75) is 69.3 Å². The van der Waals surface area contributed by atoms with E-state index in [1.807, 2.05) is 4.90 Å². The molecule has 1 atom stereocenters. The Labute approximate surface area is 183 Å². The van der Waals surface area contributed by atoms with Crippen LogP contribution in [0.1, 0.15) is 68.6 Å². The van der Waals surface area contributed by atoms with Crippen molar-refractivity contribution >= 4 is 33.4 Å². The predicted molar refractivity (Wildman–Crippen MR) is 117 cm³/mol. The highest BCUT2D eigenvalue weighted by Gasteiger charge is 2.33. The summed E-state index contributed by atoms with van der Waals surface area (Å²) >= 11 is 0. The molecule has 0 aliphatic carbocycles. The maximum atomic E-state index is 12.8. The second-order valence-corrected chi connectivity index (χ2v) is 9.99. The SMILES string of the molecule is C[C@@H](OC(=O)c1ccc2c(c1)S(=O)(=O)N=C1CCCCCN12)C(=O)N1CCCCCC1. The Balaban J connectivity index is 1.52. The van der Waals surface area contributed by atoms with E-state index in [0.29, 0.717) is 37.6 Å². The largest absolute Gasteiger partial charge is 0.449 e. The molecule has 0 unspecified atom stereocenters. The fraction of sp³-hybridized carbons (Fsp3) is 0.591. The highest BCUT2D eigenvalue weighted by molar-refractivity contribution is 7.90. The third kappa shape index (κ3) is 4.61. The minimum Gasteiger partial charge on any atom is -0.449 e. The molecule has 0 spiro atoms. The molecule has 4 rings (SSSR count).